The summed E-state index contributed by atoms with van der Waals surface area (Å²) < 4.78 is 27.7. The molecule has 1 N–H and O–H groups in total. The van der Waals surface area contributed by atoms with Gasteiger partial charge < -0.3 is 29.0 Å². The van der Waals surface area contributed by atoms with Gasteiger partial charge in [0.05, 0.1) is 46.5 Å². The van der Waals surface area contributed by atoms with Crippen LogP contribution in [0.5, 0.6) is 23.0 Å². The largest absolute Gasteiger partial charge is 0.493 e. The van der Waals surface area contributed by atoms with Gasteiger partial charge in [-0.15, -0.1) is 0 Å². The number of hydrogen-bond acceptors (Lipinski definition) is 8. The highest BCUT2D eigenvalue weighted by Gasteiger charge is 2.43. The van der Waals surface area contributed by atoms with Gasteiger partial charge in [0, 0.05) is 29.0 Å². The molecule has 0 fully saturated rings. The van der Waals surface area contributed by atoms with E-state index in [2.05, 4.69) is 5.32 Å². The Morgan fingerprint density at radius 3 is 2.34 bits per heavy atom. The summed E-state index contributed by atoms with van der Waals surface area (Å²) in [4.78, 5) is 27.3. The van der Waals surface area contributed by atoms with E-state index in [4.69, 9.17) is 23.7 Å². The van der Waals surface area contributed by atoms with Gasteiger partial charge in [-0.2, -0.15) is 0 Å². The van der Waals surface area contributed by atoms with E-state index in [0.717, 1.165) is 11.3 Å². The van der Waals surface area contributed by atoms with Gasteiger partial charge in [0.1, 0.15) is 0 Å². The fourth-order valence-corrected chi connectivity index (χ4v) is 5.37. The number of carbonyl (C=O) groups is 2. The Kier molecular flexibility index (Phi) is 8.29. The highest BCUT2D eigenvalue weighted by atomic mass is 16.5. The zero-order valence-electron chi connectivity index (χ0n) is 22.8. The van der Waals surface area contributed by atoms with Gasteiger partial charge in [0.2, 0.25) is 0 Å². The standard InChI is InChI=1S/C30H35NO7/c1-7-13-38-30(33)26-17(2)31-21-14-19(18-11-12-23(34-3)25(16-18)36-5)15-22(32)28(21)27(26)20-9-8-10-24(35-4)29(20)37-6/h8-12,16,19,27,31H,7,13-15H2,1-6H3/t19-,27-/m1/s1. The second-order valence-electron chi connectivity index (χ2n) is 9.35. The molecule has 2 aliphatic rings. The van der Waals surface area contributed by atoms with Crippen LogP contribution in [0, 0.1) is 0 Å². The maximum Gasteiger partial charge on any atom is 0.336 e. The quantitative estimate of drug-likeness (QED) is 0.459. The first-order valence-electron chi connectivity index (χ1n) is 12.7. The van der Waals surface area contributed by atoms with E-state index in [1.807, 2.05) is 44.2 Å². The first-order valence-corrected chi connectivity index (χ1v) is 12.7. The lowest BCUT2D eigenvalue weighted by molar-refractivity contribution is -0.139. The second-order valence-corrected chi connectivity index (χ2v) is 9.35. The summed E-state index contributed by atoms with van der Waals surface area (Å²) in [6.45, 7) is 4.07. The van der Waals surface area contributed by atoms with Crippen LogP contribution in [-0.2, 0) is 14.3 Å². The fraction of sp³-hybridized carbons (Fsp3) is 0.400. The Balaban J connectivity index is 1.83. The lowest BCUT2D eigenvalue weighted by Crippen LogP contribution is -2.36. The molecule has 202 valence electrons. The maximum absolute atomic E-state index is 13.9. The molecule has 8 nitrogen and oxygen atoms in total. The molecule has 0 amide bonds. The van der Waals surface area contributed by atoms with E-state index in [-0.39, 0.29) is 18.1 Å². The monoisotopic (exact) mass is 521 g/mol. The molecule has 0 radical (unpaired) electrons. The maximum atomic E-state index is 13.9. The number of carbonyl (C=O) groups excluding carboxylic acids is 2. The van der Waals surface area contributed by atoms with Crippen LogP contribution in [0.3, 0.4) is 0 Å². The van der Waals surface area contributed by atoms with E-state index in [1.54, 1.807) is 34.5 Å². The van der Waals surface area contributed by atoms with Crippen molar-refractivity contribution in [3.63, 3.8) is 0 Å². The first-order chi connectivity index (χ1) is 18.4. The van der Waals surface area contributed by atoms with Crippen molar-refractivity contribution in [3.05, 3.63) is 70.1 Å². The number of methoxy groups -OCH3 is 4. The predicted octanol–water partition coefficient (Wildman–Crippen LogP) is 5.04. The molecular formula is C30H35NO7. The molecule has 1 aliphatic heterocycles. The number of ketones is 1. The summed E-state index contributed by atoms with van der Waals surface area (Å²) in [5.41, 5.74) is 4.07. The molecule has 8 heteroatoms. The van der Waals surface area contributed by atoms with Crippen molar-refractivity contribution >= 4 is 11.8 Å². The topological polar surface area (TPSA) is 92.3 Å². The Hall–Kier alpha value is -3.94. The van der Waals surface area contributed by atoms with Crippen LogP contribution < -0.4 is 24.3 Å². The van der Waals surface area contributed by atoms with E-state index < -0.39 is 11.9 Å². The molecule has 0 spiro atoms. The van der Waals surface area contributed by atoms with E-state index >= 15 is 0 Å². The van der Waals surface area contributed by atoms with Gasteiger partial charge in [-0.1, -0.05) is 25.1 Å². The number of nitrogens with one attached hydrogen (secondary N) is 1. The molecule has 0 aromatic heterocycles. The molecule has 0 saturated carbocycles. The number of esters is 1. The molecule has 2 atom stereocenters. The minimum Gasteiger partial charge on any atom is -0.493 e. The number of para-hydroxylation sites is 1. The van der Waals surface area contributed by atoms with Crippen LogP contribution in [0.2, 0.25) is 0 Å². The average Bonchev–Trinajstić information content (AvgIpc) is 2.93. The van der Waals surface area contributed by atoms with Crippen LogP contribution in [0.1, 0.15) is 56.1 Å². The van der Waals surface area contributed by atoms with Gasteiger partial charge in [0.15, 0.2) is 28.8 Å². The summed E-state index contributed by atoms with van der Waals surface area (Å²) in [6.07, 6.45) is 1.57. The van der Waals surface area contributed by atoms with E-state index in [0.29, 0.717) is 64.9 Å². The zero-order chi connectivity index (χ0) is 27.4. The number of allylic oxidation sites excluding steroid dienone is 3. The third-order valence-electron chi connectivity index (χ3n) is 7.11. The number of dihydropyridines is 1. The molecule has 4 rings (SSSR count). The van der Waals surface area contributed by atoms with Crippen LogP contribution in [0.15, 0.2) is 58.9 Å². The van der Waals surface area contributed by atoms with Crippen molar-refractivity contribution in [1.82, 2.24) is 5.32 Å². The van der Waals surface area contributed by atoms with Crippen LogP contribution in [0.4, 0.5) is 0 Å². The van der Waals surface area contributed by atoms with Crippen LogP contribution in [0.25, 0.3) is 0 Å². The Bertz CT molecular complexity index is 1290. The number of Topliss-reactive ketones (excluding diaryl/α,β-unsaturated/α-hetero) is 1. The molecule has 0 bridgehead atoms. The Morgan fingerprint density at radius 2 is 1.68 bits per heavy atom. The molecule has 38 heavy (non-hydrogen) atoms. The smallest absolute Gasteiger partial charge is 0.336 e. The Morgan fingerprint density at radius 1 is 0.947 bits per heavy atom. The minimum absolute atomic E-state index is 0.0401. The normalized spacial score (nSPS) is 18.9. The molecule has 2 aromatic carbocycles. The fourth-order valence-electron chi connectivity index (χ4n) is 5.37. The van der Waals surface area contributed by atoms with Crippen molar-refractivity contribution in [3.8, 4) is 23.0 Å². The van der Waals surface area contributed by atoms with Gasteiger partial charge >= 0.3 is 5.97 Å². The van der Waals surface area contributed by atoms with E-state index in [9.17, 15) is 9.59 Å². The zero-order valence-corrected chi connectivity index (χ0v) is 22.8. The van der Waals surface area contributed by atoms with Gasteiger partial charge in [0.25, 0.3) is 0 Å². The number of benzene rings is 2. The Labute approximate surface area is 223 Å². The highest BCUT2D eigenvalue weighted by Crippen LogP contribution is 2.49. The minimum atomic E-state index is -0.653. The predicted molar refractivity (Wildman–Crippen MR) is 143 cm³/mol. The summed E-state index contributed by atoms with van der Waals surface area (Å²) >= 11 is 0. The number of hydrogen-bond donors (Lipinski definition) is 1. The van der Waals surface area contributed by atoms with Gasteiger partial charge in [-0.3, -0.25) is 4.79 Å². The van der Waals surface area contributed by atoms with Crippen molar-refractivity contribution in [2.75, 3.05) is 35.0 Å². The summed E-state index contributed by atoms with van der Waals surface area (Å²) in [5.74, 6) is 1.04. The third-order valence-corrected chi connectivity index (χ3v) is 7.11. The molecule has 2 aromatic rings. The molecule has 0 saturated heterocycles. The SMILES string of the molecule is CCCOC(=O)C1=C(C)NC2=C(C(=O)C[C@H](c3ccc(OC)c(OC)c3)C2)[C@@H]1c1cccc(OC)c1OC. The van der Waals surface area contributed by atoms with Crippen molar-refractivity contribution in [2.45, 2.75) is 44.9 Å². The van der Waals surface area contributed by atoms with Crippen LogP contribution >= 0.6 is 0 Å². The summed E-state index contributed by atoms with van der Waals surface area (Å²) in [5, 5.41) is 3.38. The summed E-state index contributed by atoms with van der Waals surface area (Å²) in [6, 6.07) is 11.2. The van der Waals surface area contributed by atoms with Crippen molar-refractivity contribution in [1.29, 1.82) is 0 Å². The van der Waals surface area contributed by atoms with Crippen LogP contribution in [-0.4, -0.2) is 46.8 Å². The van der Waals surface area contributed by atoms with Crippen molar-refractivity contribution in [2.24, 2.45) is 0 Å². The molecule has 1 aliphatic carbocycles. The third kappa shape index (κ3) is 4.95. The van der Waals surface area contributed by atoms with E-state index in [1.165, 1.54) is 0 Å². The van der Waals surface area contributed by atoms with Crippen molar-refractivity contribution < 1.29 is 33.3 Å². The van der Waals surface area contributed by atoms with Gasteiger partial charge in [-0.05, 0) is 49.4 Å². The van der Waals surface area contributed by atoms with Gasteiger partial charge in [-0.25, -0.2) is 4.79 Å². The molecule has 0 unspecified atom stereocenters. The molecular weight excluding hydrogens is 486 g/mol. The number of rotatable bonds is 9. The summed E-state index contributed by atoms with van der Waals surface area (Å²) in [7, 11) is 6.30. The lowest BCUT2D eigenvalue weighted by Gasteiger charge is -2.37. The number of ether oxygens (including phenoxy) is 5. The molecule has 1 heterocycles. The lowest BCUT2D eigenvalue weighted by atomic mass is 9.71. The first kappa shape index (κ1) is 27.1. The second kappa shape index (κ2) is 11.6. The highest BCUT2D eigenvalue weighted by molar-refractivity contribution is 6.04. The average molecular weight is 522 g/mol.